The van der Waals surface area contributed by atoms with Gasteiger partial charge in [0.15, 0.2) is 0 Å². The van der Waals surface area contributed by atoms with Crippen LogP contribution in [-0.2, 0) is 14.8 Å². The van der Waals surface area contributed by atoms with Crippen molar-refractivity contribution in [2.75, 3.05) is 25.5 Å². The van der Waals surface area contributed by atoms with Crippen molar-refractivity contribution < 1.29 is 13.2 Å². The number of ether oxygens (including phenoxy) is 1. The smallest absolute Gasteiger partial charge is 0.243 e. The van der Waals surface area contributed by atoms with Crippen LogP contribution in [0.5, 0.6) is 0 Å². The van der Waals surface area contributed by atoms with E-state index in [4.69, 9.17) is 4.74 Å². The highest BCUT2D eigenvalue weighted by atomic mass is 32.2. The maximum Gasteiger partial charge on any atom is 0.243 e. The zero-order valence-corrected chi connectivity index (χ0v) is 15.0. The Balaban J connectivity index is 2.02. The maximum absolute atomic E-state index is 13.3. The maximum atomic E-state index is 13.3. The first-order valence-electron chi connectivity index (χ1n) is 7.70. The molecule has 4 nitrogen and oxygen atoms in total. The lowest BCUT2D eigenvalue weighted by molar-refractivity contribution is 0.0625. The van der Waals surface area contributed by atoms with Crippen LogP contribution in [-0.4, -0.2) is 49.5 Å². The van der Waals surface area contributed by atoms with E-state index in [9.17, 15) is 8.42 Å². The molecule has 2 aliphatic heterocycles. The molecule has 122 valence electrons. The average molecular weight is 341 g/mol. The van der Waals surface area contributed by atoms with Gasteiger partial charge in [0.25, 0.3) is 0 Å². The van der Waals surface area contributed by atoms with Crippen molar-refractivity contribution in [2.24, 2.45) is 0 Å². The molecule has 0 spiro atoms. The Morgan fingerprint density at radius 2 is 1.91 bits per heavy atom. The van der Waals surface area contributed by atoms with Crippen molar-refractivity contribution in [3.05, 3.63) is 28.8 Å². The van der Waals surface area contributed by atoms with Gasteiger partial charge in [-0.2, -0.15) is 16.1 Å². The molecule has 1 aromatic rings. The number of fused-ring (bicyclic) bond motifs is 1. The van der Waals surface area contributed by atoms with Gasteiger partial charge < -0.3 is 4.74 Å². The summed E-state index contributed by atoms with van der Waals surface area (Å²) in [6, 6.07) is 3.98. The molecule has 6 heteroatoms. The van der Waals surface area contributed by atoms with Gasteiger partial charge >= 0.3 is 0 Å². The summed E-state index contributed by atoms with van der Waals surface area (Å²) in [5.41, 5.74) is 2.80. The van der Waals surface area contributed by atoms with E-state index in [1.165, 1.54) is 0 Å². The molecule has 0 saturated carbocycles. The lowest BCUT2D eigenvalue weighted by Gasteiger charge is -2.42. The Bertz CT molecular complexity index is 647. The molecule has 0 amide bonds. The quantitative estimate of drug-likeness (QED) is 0.829. The molecule has 0 bridgehead atoms. The number of nitrogens with zero attached hydrogens (tertiary/aromatic N) is 1. The van der Waals surface area contributed by atoms with Crippen molar-refractivity contribution in [3.8, 4) is 0 Å². The fourth-order valence-electron chi connectivity index (χ4n) is 3.64. The molecule has 0 radical (unpaired) electrons. The third-order valence-corrected chi connectivity index (χ3v) is 7.98. The van der Waals surface area contributed by atoms with E-state index in [2.05, 4.69) is 0 Å². The number of hydrogen-bond donors (Lipinski definition) is 0. The summed E-state index contributed by atoms with van der Waals surface area (Å²) in [6.07, 6.45) is 0.793. The molecule has 0 aliphatic carbocycles. The summed E-state index contributed by atoms with van der Waals surface area (Å²) in [7, 11) is -3.45. The fourth-order valence-corrected chi connectivity index (χ4v) is 7.24. The molecule has 2 atom stereocenters. The molecule has 22 heavy (non-hydrogen) atoms. The first-order valence-corrected chi connectivity index (χ1v) is 10.2. The van der Waals surface area contributed by atoms with Crippen LogP contribution < -0.4 is 0 Å². The number of sulfonamides is 1. The van der Waals surface area contributed by atoms with Crippen molar-refractivity contribution in [1.82, 2.24) is 4.31 Å². The number of rotatable bonds is 2. The van der Waals surface area contributed by atoms with E-state index in [0.29, 0.717) is 24.7 Å². The Morgan fingerprint density at radius 3 is 2.59 bits per heavy atom. The zero-order chi connectivity index (χ0) is 15.9. The topological polar surface area (TPSA) is 46.6 Å². The van der Waals surface area contributed by atoms with Crippen molar-refractivity contribution >= 4 is 21.8 Å². The molecular formula is C16H23NO3S2. The number of benzene rings is 1. The van der Waals surface area contributed by atoms with Gasteiger partial charge in [0.05, 0.1) is 11.5 Å². The second-order valence-electron chi connectivity index (χ2n) is 6.18. The number of hydrogen-bond acceptors (Lipinski definition) is 4. The largest absolute Gasteiger partial charge is 0.380 e. The molecule has 2 heterocycles. The fraction of sp³-hybridized carbons (Fsp3) is 0.625. The standard InChI is InChI=1S/C16H23NO3S2/c1-11-8-12(2)16(13(3)9-11)22(18,19)17-5-7-21-15-10-20-6-4-14(15)17/h8-9,14-15H,4-7,10H2,1-3H3/t14-,15+/m1/s1. The Hall–Kier alpha value is -0.560. The molecule has 2 fully saturated rings. The molecule has 1 aromatic carbocycles. The van der Waals surface area contributed by atoms with E-state index < -0.39 is 10.0 Å². The molecular weight excluding hydrogens is 318 g/mol. The average Bonchev–Trinajstić information content (AvgIpc) is 2.45. The minimum Gasteiger partial charge on any atom is -0.380 e. The Labute approximate surface area is 137 Å². The van der Waals surface area contributed by atoms with Crippen molar-refractivity contribution in [1.29, 1.82) is 0 Å². The monoisotopic (exact) mass is 341 g/mol. The van der Waals surface area contributed by atoms with Crippen molar-refractivity contribution in [2.45, 2.75) is 43.4 Å². The minimum absolute atomic E-state index is 0.0672. The Kier molecular flexibility index (Phi) is 4.56. The summed E-state index contributed by atoms with van der Waals surface area (Å²) in [6.45, 7) is 7.70. The van der Waals surface area contributed by atoms with Gasteiger partial charge in [-0.3, -0.25) is 0 Å². The summed E-state index contributed by atoms with van der Waals surface area (Å²) in [4.78, 5) is 0.496. The predicted octanol–water partition coefficient (Wildman–Crippen LogP) is 2.51. The van der Waals surface area contributed by atoms with Crippen LogP contribution in [0.3, 0.4) is 0 Å². The van der Waals surface area contributed by atoms with Gasteiger partial charge in [-0.1, -0.05) is 17.7 Å². The summed E-state index contributed by atoms with van der Waals surface area (Å²) < 4.78 is 33.8. The number of thioether (sulfide) groups is 1. The second-order valence-corrected chi connectivity index (χ2v) is 9.36. The minimum atomic E-state index is -3.45. The van der Waals surface area contributed by atoms with E-state index in [1.807, 2.05) is 44.7 Å². The molecule has 2 aliphatic rings. The van der Waals surface area contributed by atoms with E-state index in [0.717, 1.165) is 28.9 Å². The van der Waals surface area contributed by atoms with Gasteiger partial charge in [0.1, 0.15) is 0 Å². The molecule has 0 unspecified atom stereocenters. The first kappa shape index (κ1) is 16.3. The molecule has 3 rings (SSSR count). The van der Waals surface area contributed by atoms with Gasteiger partial charge in [0.2, 0.25) is 10.0 Å². The van der Waals surface area contributed by atoms with Gasteiger partial charge in [-0.25, -0.2) is 8.42 Å². The highest BCUT2D eigenvalue weighted by molar-refractivity contribution is 8.00. The molecule has 0 N–H and O–H groups in total. The predicted molar refractivity (Wildman–Crippen MR) is 90.0 cm³/mol. The summed E-state index contributed by atoms with van der Waals surface area (Å²) >= 11 is 1.84. The number of aryl methyl sites for hydroxylation is 3. The highest BCUT2D eigenvalue weighted by Gasteiger charge is 2.41. The van der Waals surface area contributed by atoms with Crippen LogP contribution in [0.1, 0.15) is 23.1 Å². The van der Waals surface area contributed by atoms with Crippen LogP contribution in [0.2, 0.25) is 0 Å². The van der Waals surface area contributed by atoms with Gasteiger partial charge in [-0.15, -0.1) is 0 Å². The molecule has 2 saturated heterocycles. The van der Waals surface area contributed by atoms with Gasteiger partial charge in [-0.05, 0) is 38.3 Å². The summed E-state index contributed by atoms with van der Waals surface area (Å²) in [5.74, 6) is 0.841. The lowest BCUT2D eigenvalue weighted by atomic mass is 10.1. The van der Waals surface area contributed by atoms with Crippen LogP contribution >= 0.6 is 11.8 Å². The lowest BCUT2D eigenvalue weighted by Crippen LogP contribution is -2.54. The van der Waals surface area contributed by atoms with Gasteiger partial charge in [0, 0.05) is 30.2 Å². The van der Waals surface area contributed by atoms with Crippen LogP contribution in [0.15, 0.2) is 17.0 Å². The van der Waals surface area contributed by atoms with E-state index >= 15 is 0 Å². The van der Waals surface area contributed by atoms with E-state index in [1.54, 1.807) is 4.31 Å². The zero-order valence-electron chi connectivity index (χ0n) is 13.3. The van der Waals surface area contributed by atoms with Crippen LogP contribution in [0, 0.1) is 20.8 Å². The molecule has 0 aromatic heterocycles. The summed E-state index contributed by atoms with van der Waals surface area (Å²) in [5, 5.41) is 0.267. The normalized spacial score (nSPS) is 26.7. The second kappa shape index (κ2) is 6.15. The van der Waals surface area contributed by atoms with Crippen LogP contribution in [0.4, 0.5) is 0 Å². The van der Waals surface area contributed by atoms with E-state index in [-0.39, 0.29) is 11.3 Å². The van der Waals surface area contributed by atoms with Crippen molar-refractivity contribution in [3.63, 3.8) is 0 Å². The Morgan fingerprint density at radius 1 is 1.23 bits per heavy atom. The highest BCUT2D eigenvalue weighted by Crippen LogP contribution is 2.35. The third kappa shape index (κ3) is 2.82. The third-order valence-electron chi connectivity index (χ3n) is 4.45. The SMILES string of the molecule is Cc1cc(C)c(S(=O)(=O)N2CCS[C@H]3COCC[C@H]32)c(C)c1. The van der Waals surface area contributed by atoms with Crippen LogP contribution in [0.25, 0.3) is 0 Å². The first-order chi connectivity index (χ1) is 10.4.